The van der Waals surface area contributed by atoms with Crippen LogP contribution in [-0.2, 0) is 16.4 Å². The monoisotopic (exact) mass is 416 g/mol. The molecule has 9 heteroatoms. The lowest BCUT2D eigenvalue weighted by Crippen LogP contribution is -2.34. The first kappa shape index (κ1) is 21.0. The maximum atomic E-state index is 12.9. The summed E-state index contributed by atoms with van der Waals surface area (Å²) in [4.78, 5) is 15.2. The number of benzene rings is 2. The number of fused-ring (bicyclic) bond motifs is 1. The zero-order chi connectivity index (χ0) is 21.2. The smallest absolute Gasteiger partial charge is 0.271 e. The molecule has 8 nitrogen and oxygen atoms in total. The molecule has 1 atom stereocenters. The highest BCUT2D eigenvalue weighted by molar-refractivity contribution is 7.89. The van der Waals surface area contributed by atoms with Gasteiger partial charge >= 0.3 is 0 Å². The molecule has 3 aromatic rings. The first-order valence-electron chi connectivity index (χ1n) is 9.23. The number of nitro benzene ring substituents is 1. The van der Waals surface area contributed by atoms with E-state index in [1.54, 1.807) is 0 Å². The minimum Gasteiger partial charge on any atom is -0.360 e. The lowest BCUT2D eigenvalue weighted by atomic mass is 10.0. The third-order valence-electron chi connectivity index (χ3n) is 4.99. The second kappa shape index (κ2) is 8.32. The molecule has 0 fully saturated rings. The first-order chi connectivity index (χ1) is 13.7. The van der Waals surface area contributed by atoms with Gasteiger partial charge in [0.25, 0.3) is 5.69 Å². The number of likely N-dealkylation sites (N-methyl/N-ethyl adjacent to an activating group) is 1. The van der Waals surface area contributed by atoms with Crippen molar-refractivity contribution in [2.75, 3.05) is 20.6 Å². The SMILES string of the molecule is CCc1ccc(C(CNS(=O)(=O)c2c[nH]c3cc([N+](=O)[O-])ccc23)N(C)C)cc1. The van der Waals surface area contributed by atoms with Crippen LogP contribution in [0.3, 0.4) is 0 Å². The zero-order valence-corrected chi connectivity index (χ0v) is 17.4. The van der Waals surface area contributed by atoms with E-state index in [9.17, 15) is 18.5 Å². The van der Waals surface area contributed by atoms with Crippen LogP contribution in [0.25, 0.3) is 10.9 Å². The molecule has 1 unspecified atom stereocenters. The van der Waals surface area contributed by atoms with Crippen LogP contribution in [0.15, 0.2) is 53.6 Å². The number of nitrogens with zero attached hydrogens (tertiary/aromatic N) is 2. The van der Waals surface area contributed by atoms with Crippen LogP contribution in [0.4, 0.5) is 5.69 Å². The number of H-pyrrole nitrogens is 1. The number of aryl methyl sites for hydroxylation is 1. The molecule has 0 aliphatic heterocycles. The Morgan fingerprint density at radius 1 is 1.17 bits per heavy atom. The van der Waals surface area contributed by atoms with Crippen molar-refractivity contribution in [2.45, 2.75) is 24.3 Å². The molecule has 0 aliphatic carbocycles. The molecule has 0 saturated carbocycles. The Kier molecular flexibility index (Phi) is 6.02. The standard InChI is InChI=1S/C20H24N4O4S/c1-4-14-5-7-15(8-6-14)19(23(2)3)12-22-29(27,28)20-13-21-18-11-16(24(25)26)9-10-17(18)20/h5-11,13,19,21-22H,4,12H2,1-3H3. The van der Waals surface area contributed by atoms with Crippen LogP contribution in [-0.4, -0.2) is 43.9 Å². The van der Waals surface area contributed by atoms with Crippen molar-refractivity contribution in [2.24, 2.45) is 0 Å². The predicted molar refractivity (Wildman–Crippen MR) is 112 cm³/mol. The summed E-state index contributed by atoms with van der Waals surface area (Å²) < 4.78 is 28.5. The largest absolute Gasteiger partial charge is 0.360 e. The highest BCUT2D eigenvalue weighted by Gasteiger charge is 2.23. The van der Waals surface area contributed by atoms with E-state index < -0.39 is 14.9 Å². The Balaban J connectivity index is 1.84. The van der Waals surface area contributed by atoms with E-state index in [2.05, 4.69) is 16.6 Å². The Labute approximate surface area is 169 Å². The Morgan fingerprint density at radius 2 is 1.86 bits per heavy atom. The highest BCUT2D eigenvalue weighted by Crippen LogP contribution is 2.27. The van der Waals surface area contributed by atoms with E-state index >= 15 is 0 Å². The molecule has 1 heterocycles. The van der Waals surface area contributed by atoms with Crippen LogP contribution in [0.5, 0.6) is 0 Å². The molecule has 29 heavy (non-hydrogen) atoms. The van der Waals surface area contributed by atoms with Crippen molar-refractivity contribution >= 4 is 26.6 Å². The summed E-state index contributed by atoms with van der Waals surface area (Å²) in [7, 11) is -0.00318. The van der Waals surface area contributed by atoms with Gasteiger partial charge in [-0.1, -0.05) is 31.2 Å². The number of aromatic amines is 1. The van der Waals surface area contributed by atoms with Crippen molar-refractivity contribution in [3.05, 3.63) is 69.9 Å². The van der Waals surface area contributed by atoms with Gasteiger partial charge in [-0.25, -0.2) is 13.1 Å². The van der Waals surface area contributed by atoms with Gasteiger partial charge < -0.3 is 9.88 Å². The summed E-state index contributed by atoms with van der Waals surface area (Å²) >= 11 is 0. The van der Waals surface area contributed by atoms with E-state index in [4.69, 9.17) is 0 Å². The second-order valence-corrected chi connectivity index (χ2v) is 8.80. The minimum atomic E-state index is -3.80. The van der Waals surface area contributed by atoms with Gasteiger partial charge in [0.2, 0.25) is 10.0 Å². The molecule has 3 rings (SSSR count). The number of sulfonamides is 1. The fourth-order valence-corrected chi connectivity index (χ4v) is 4.48. The van der Waals surface area contributed by atoms with E-state index in [1.165, 1.54) is 30.0 Å². The summed E-state index contributed by atoms with van der Waals surface area (Å²) in [5.41, 5.74) is 2.54. The molecule has 0 radical (unpaired) electrons. The normalized spacial score (nSPS) is 13.1. The quantitative estimate of drug-likeness (QED) is 0.433. The molecule has 0 bridgehead atoms. The maximum absolute atomic E-state index is 12.9. The van der Waals surface area contributed by atoms with Crippen LogP contribution in [0.2, 0.25) is 0 Å². The van der Waals surface area contributed by atoms with Crippen molar-refractivity contribution in [1.82, 2.24) is 14.6 Å². The Hall–Kier alpha value is -2.75. The van der Waals surface area contributed by atoms with Gasteiger partial charge in [-0.15, -0.1) is 0 Å². The number of hydrogen-bond donors (Lipinski definition) is 2. The Morgan fingerprint density at radius 3 is 2.45 bits per heavy atom. The van der Waals surface area contributed by atoms with Gasteiger partial charge in [-0.2, -0.15) is 0 Å². The number of non-ortho nitro benzene ring substituents is 1. The van der Waals surface area contributed by atoms with Crippen LogP contribution < -0.4 is 4.72 Å². The number of hydrogen-bond acceptors (Lipinski definition) is 5. The summed E-state index contributed by atoms with van der Waals surface area (Å²) in [6, 6.07) is 12.1. The molecule has 0 aliphatic rings. The van der Waals surface area contributed by atoms with Gasteiger partial charge in [0, 0.05) is 36.3 Å². The average molecular weight is 417 g/mol. The first-order valence-corrected chi connectivity index (χ1v) is 10.7. The van der Waals surface area contributed by atoms with Crippen LogP contribution >= 0.6 is 0 Å². The molecule has 2 N–H and O–H groups in total. The molecule has 0 amide bonds. The molecule has 0 spiro atoms. The topological polar surface area (TPSA) is 108 Å². The summed E-state index contributed by atoms with van der Waals surface area (Å²) in [6.07, 6.45) is 2.30. The van der Waals surface area contributed by atoms with Gasteiger partial charge in [0.1, 0.15) is 4.90 Å². The molecule has 154 valence electrons. The van der Waals surface area contributed by atoms with Gasteiger partial charge in [-0.3, -0.25) is 10.1 Å². The van der Waals surface area contributed by atoms with Gasteiger partial charge in [0.05, 0.1) is 10.4 Å². The zero-order valence-electron chi connectivity index (χ0n) is 16.5. The van der Waals surface area contributed by atoms with E-state index in [0.29, 0.717) is 10.9 Å². The summed E-state index contributed by atoms with van der Waals surface area (Å²) in [5.74, 6) is 0. The third kappa shape index (κ3) is 4.47. The molecule has 0 saturated heterocycles. The highest BCUT2D eigenvalue weighted by atomic mass is 32.2. The molecular formula is C20H24N4O4S. The number of rotatable bonds is 8. The lowest BCUT2D eigenvalue weighted by molar-refractivity contribution is -0.384. The van der Waals surface area contributed by atoms with Crippen molar-refractivity contribution in [3.8, 4) is 0 Å². The fraction of sp³-hybridized carbons (Fsp3) is 0.300. The molecule has 1 aromatic heterocycles. The number of nitrogens with one attached hydrogen (secondary N) is 2. The van der Waals surface area contributed by atoms with E-state index in [-0.39, 0.29) is 23.2 Å². The second-order valence-electron chi connectivity index (χ2n) is 7.07. The molecule has 2 aromatic carbocycles. The Bertz CT molecular complexity index is 1120. The average Bonchev–Trinajstić information content (AvgIpc) is 3.12. The third-order valence-corrected chi connectivity index (χ3v) is 6.45. The van der Waals surface area contributed by atoms with Crippen molar-refractivity contribution in [3.63, 3.8) is 0 Å². The maximum Gasteiger partial charge on any atom is 0.271 e. The van der Waals surface area contributed by atoms with Crippen LogP contribution in [0, 0.1) is 10.1 Å². The van der Waals surface area contributed by atoms with E-state index in [0.717, 1.165) is 12.0 Å². The number of aromatic nitrogens is 1. The van der Waals surface area contributed by atoms with Crippen molar-refractivity contribution in [1.29, 1.82) is 0 Å². The van der Waals surface area contributed by atoms with Crippen LogP contribution in [0.1, 0.15) is 24.1 Å². The van der Waals surface area contributed by atoms with E-state index in [1.807, 2.05) is 43.3 Å². The van der Waals surface area contributed by atoms with Gasteiger partial charge in [0.15, 0.2) is 0 Å². The fourth-order valence-electron chi connectivity index (χ4n) is 3.26. The predicted octanol–water partition coefficient (Wildman–Crippen LogP) is 3.22. The lowest BCUT2D eigenvalue weighted by Gasteiger charge is -2.25. The summed E-state index contributed by atoms with van der Waals surface area (Å²) in [5, 5.41) is 11.3. The summed E-state index contributed by atoms with van der Waals surface area (Å²) in [6.45, 7) is 2.28. The van der Waals surface area contributed by atoms with Crippen molar-refractivity contribution < 1.29 is 13.3 Å². The minimum absolute atomic E-state index is 0.0706. The molecular weight excluding hydrogens is 392 g/mol. The number of nitro groups is 1. The van der Waals surface area contributed by atoms with Gasteiger partial charge in [-0.05, 0) is 37.7 Å².